The summed E-state index contributed by atoms with van der Waals surface area (Å²) in [6, 6.07) is 19.0. The lowest BCUT2D eigenvalue weighted by atomic mass is 10.1. The van der Waals surface area contributed by atoms with Gasteiger partial charge in [-0.15, -0.1) is 5.10 Å². The summed E-state index contributed by atoms with van der Waals surface area (Å²) in [6.07, 6.45) is 5.15. The lowest BCUT2D eigenvalue weighted by Crippen LogP contribution is -2.27. The molecule has 2 aromatic heterocycles. The number of nitrogens with zero attached hydrogens (tertiary/aromatic N) is 7. The van der Waals surface area contributed by atoms with Crippen LogP contribution in [0.25, 0.3) is 11.3 Å². The number of rotatable bonds is 9. The van der Waals surface area contributed by atoms with Gasteiger partial charge in [0.15, 0.2) is 0 Å². The molecule has 0 unspecified atom stereocenters. The van der Waals surface area contributed by atoms with Crippen LogP contribution >= 0.6 is 0 Å². The number of nitriles is 1. The van der Waals surface area contributed by atoms with Crippen LogP contribution < -0.4 is 15.9 Å². The second-order valence-electron chi connectivity index (χ2n) is 7.32. The molecule has 2 aromatic carbocycles. The van der Waals surface area contributed by atoms with Crippen molar-refractivity contribution >= 4 is 17.9 Å². The number of likely N-dealkylation sites (N-methyl/N-ethyl adjacent to an activating group) is 1. The summed E-state index contributed by atoms with van der Waals surface area (Å²) in [4.78, 5) is 21.5. The Labute approximate surface area is 196 Å². The van der Waals surface area contributed by atoms with Crippen LogP contribution in [0.5, 0.6) is 0 Å². The Bertz CT molecular complexity index is 1340. The number of anilines is 2. The molecule has 10 heteroatoms. The Balaban J connectivity index is 1.44. The summed E-state index contributed by atoms with van der Waals surface area (Å²) in [5.74, 6) is 0.154. The van der Waals surface area contributed by atoms with Gasteiger partial charge in [-0.2, -0.15) is 10.4 Å². The van der Waals surface area contributed by atoms with Crippen LogP contribution in [0, 0.1) is 11.3 Å². The minimum absolute atomic E-state index is 0.0411. The average Bonchev–Trinajstić information content (AvgIpc) is 3.39. The fourth-order valence-corrected chi connectivity index (χ4v) is 3.42. The standard InChI is InChI=1S/C24H23N9O/c1-2-32(14-15-33-13-12-26-31-33)20-10-8-18(9-11-20)17-27-30-24-28-22(19-6-4-3-5-7-19)21(16-25)23(34)29-24/h3-13,17H,2,14-15H2,1H3,(H2,28,29,30,34). The largest absolute Gasteiger partial charge is 0.370 e. The van der Waals surface area contributed by atoms with Crippen molar-refractivity contribution in [2.75, 3.05) is 23.4 Å². The van der Waals surface area contributed by atoms with Gasteiger partial charge in [-0.3, -0.25) is 14.5 Å². The van der Waals surface area contributed by atoms with Crippen molar-refractivity contribution in [3.63, 3.8) is 0 Å². The summed E-state index contributed by atoms with van der Waals surface area (Å²) < 4.78 is 1.81. The molecule has 10 nitrogen and oxygen atoms in total. The number of aromatic amines is 1. The highest BCUT2D eigenvalue weighted by molar-refractivity contribution is 5.81. The molecule has 34 heavy (non-hydrogen) atoms. The van der Waals surface area contributed by atoms with E-state index in [1.54, 1.807) is 29.2 Å². The molecule has 0 saturated heterocycles. The fourth-order valence-electron chi connectivity index (χ4n) is 3.42. The zero-order valence-corrected chi connectivity index (χ0v) is 18.6. The molecule has 0 amide bonds. The normalized spacial score (nSPS) is 10.8. The van der Waals surface area contributed by atoms with Gasteiger partial charge in [0.25, 0.3) is 5.56 Å². The molecule has 0 atom stereocenters. The van der Waals surface area contributed by atoms with Crippen LogP contribution in [-0.4, -0.2) is 44.3 Å². The second-order valence-corrected chi connectivity index (χ2v) is 7.32. The van der Waals surface area contributed by atoms with E-state index in [4.69, 9.17) is 0 Å². The number of hydrogen-bond acceptors (Lipinski definition) is 8. The maximum atomic E-state index is 12.3. The summed E-state index contributed by atoms with van der Waals surface area (Å²) >= 11 is 0. The van der Waals surface area contributed by atoms with E-state index in [0.717, 1.165) is 30.9 Å². The highest BCUT2D eigenvalue weighted by Crippen LogP contribution is 2.19. The summed E-state index contributed by atoms with van der Waals surface area (Å²) in [7, 11) is 0. The maximum absolute atomic E-state index is 12.3. The molecule has 0 aliphatic rings. The monoisotopic (exact) mass is 453 g/mol. The molecule has 0 aliphatic carbocycles. The number of nitrogens with one attached hydrogen (secondary N) is 2. The zero-order valence-electron chi connectivity index (χ0n) is 18.6. The van der Waals surface area contributed by atoms with Gasteiger partial charge in [-0.05, 0) is 24.6 Å². The Morgan fingerprint density at radius 3 is 2.68 bits per heavy atom. The van der Waals surface area contributed by atoms with Crippen LogP contribution in [-0.2, 0) is 6.54 Å². The van der Waals surface area contributed by atoms with Crippen molar-refractivity contribution in [3.05, 3.63) is 88.5 Å². The predicted molar refractivity (Wildman–Crippen MR) is 131 cm³/mol. The summed E-state index contributed by atoms with van der Waals surface area (Å²) in [6.45, 7) is 4.54. The number of H-pyrrole nitrogens is 1. The van der Waals surface area contributed by atoms with Crippen molar-refractivity contribution in [2.45, 2.75) is 13.5 Å². The molecule has 2 heterocycles. The zero-order chi connectivity index (χ0) is 23.8. The number of hydrazone groups is 1. The number of aromatic nitrogens is 5. The average molecular weight is 454 g/mol. The van der Waals surface area contributed by atoms with Gasteiger partial charge < -0.3 is 4.90 Å². The molecule has 0 aliphatic heterocycles. The van der Waals surface area contributed by atoms with Gasteiger partial charge in [0, 0.05) is 30.5 Å². The Hall–Kier alpha value is -4.78. The first-order valence-electron chi connectivity index (χ1n) is 10.8. The Kier molecular flexibility index (Phi) is 7.05. The minimum atomic E-state index is -0.524. The molecule has 0 spiro atoms. The van der Waals surface area contributed by atoms with Gasteiger partial charge in [0.2, 0.25) is 5.95 Å². The van der Waals surface area contributed by atoms with Crippen molar-refractivity contribution in [1.29, 1.82) is 5.26 Å². The van der Waals surface area contributed by atoms with Crippen LogP contribution in [0.2, 0.25) is 0 Å². The van der Waals surface area contributed by atoms with Gasteiger partial charge in [-0.25, -0.2) is 10.4 Å². The molecule has 4 rings (SSSR count). The van der Waals surface area contributed by atoms with E-state index in [1.807, 2.05) is 54.7 Å². The number of benzene rings is 2. The molecule has 0 radical (unpaired) electrons. The van der Waals surface area contributed by atoms with E-state index < -0.39 is 5.56 Å². The van der Waals surface area contributed by atoms with Gasteiger partial charge in [0.05, 0.1) is 24.7 Å². The van der Waals surface area contributed by atoms with Crippen molar-refractivity contribution in [3.8, 4) is 17.3 Å². The molecular weight excluding hydrogens is 430 g/mol. The molecule has 0 fully saturated rings. The Morgan fingerprint density at radius 1 is 1.21 bits per heavy atom. The second kappa shape index (κ2) is 10.7. The third-order valence-corrected chi connectivity index (χ3v) is 5.17. The molecule has 0 saturated carbocycles. The first-order valence-corrected chi connectivity index (χ1v) is 10.8. The fraction of sp³-hybridized carbons (Fsp3) is 0.167. The van der Waals surface area contributed by atoms with Crippen LogP contribution in [0.4, 0.5) is 11.6 Å². The van der Waals surface area contributed by atoms with E-state index in [0.29, 0.717) is 11.3 Å². The van der Waals surface area contributed by atoms with Crippen molar-refractivity contribution in [2.24, 2.45) is 5.10 Å². The third-order valence-electron chi connectivity index (χ3n) is 5.17. The molecular formula is C24H23N9O. The molecule has 2 N–H and O–H groups in total. The van der Waals surface area contributed by atoms with Gasteiger partial charge in [0.1, 0.15) is 11.6 Å². The highest BCUT2D eigenvalue weighted by atomic mass is 16.1. The molecule has 0 bridgehead atoms. The van der Waals surface area contributed by atoms with E-state index in [2.05, 4.69) is 42.6 Å². The lowest BCUT2D eigenvalue weighted by molar-refractivity contribution is 0.579. The predicted octanol–water partition coefficient (Wildman–Crippen LogP) is 2.87. The minimum Gasteiger partial charge on any atom is -0.370 e. The Morgan fingerprint density at radius 2 is 2.00 bits per heavy atom. The van der Waals surface area contributed by atoms with E-state index in [9.17, 15) is 10.1 Å². The van der Waals surface area contributed by atoms with E-state index >= 15 is 0 Å². The SMILES string of the molecule is CCN(CCn1ccnn1)c1ccc(C=NNc2nc(-c3ccccc3)c(C#N)c(=O)[nH]2)cc1. The van der Waals surface area contributed by atoms with Gasteiger partial charge in [-0.1, -0.05) is 47.7 Å². The van der Waals surface area contributed by atoms with E-state index in [-0.39, 0.29) is 11.5 Å². The first kappa shape index (κ1) is 22.4. The molecule has 4 aromatic rings. The van der Waals surface area contributed by atoms with Crippen LogP contribution in [0.15, 0.2) is 76.9 Å². The van der Waals surface area contributed by atoms with E-state index in [1.165, 1.54) is 0 Å². The quantitative estimate of drug-likeness (QED) is 0.295. The number of hydrogen-bond donors (Lipinski definition) is 2. The van der Waals surface area contributed by atoms with Crippen LogP contribution in [0.3, 0.4) is 0 Å². The summed E-state index contributed by atoms with van der Waals surface area (Å²) in [5, 5.41) is 21.4. The maximum Gasteiger partial charge on any atom is 0.270 e. The third kappa shape index (κ3) is 5.34. The van der Waals surface area contributed by atoms with Crippen molar-refractivity contribution in [1.82, 2.24) is 25.0 Å². The first-order chi connectivity index (χ1) is 16.7. The van der Waals surface area contributed by atoms with Gasteiger partial charge >= 0.3 is 0 Å². The molecule has 170 valence electrons. The smallest absolute Gasteiger partial charge is 0.270 e. The van der Waals surface area contributed by atoms with Crippen LogP contribution in [0.1, 0.15) is 18.1 Å². The lowest BCUT2D eigenvalue weighted by Gasteiger charge is -2.23. The summed E-state index contributed by atoms with van der Waals surface area (Å²) in [5.41, 5.74) is 5.14. The topological polar surface area (TPSA) is 128 Å². The van der Waals surface area contributed by atoms with Crippen molar-refractivity contribution < 1.29 is 0 Å². The highest BCUT2D eigenvalue weighted by Gasteiger charge is 2.12.